The van der Waals surface area contributed by atoms with Gasteiger partial charge in [-0.15, -0.1) is 0 Å². The van der Waals surface area contributed by atoms with Gasteiger partial charge in [-0.1, -0.05) is 11.6 Å². The van der Waals surface area contributed by atoms with Gasteiger partial charge in [-0.05, 0) is 24.3 Å². The van der Waals surface area contributed by atoms with E-state index in [-0.39, 0.29) is 45.6 Å². The van der Waals surface area contributed by atoms with Crippen LogP contribution in [0.2, 0.25) is 5.15 Å². The highest BCUT2D eigenvalue weighted by Gasteiger charge is 2.36. The fraction of sp³-hybridized carbons (Fsp3) is 0.150. The number of alkyl halides is 3. The molecule has 9 nitrogen and oxygen atoms in total. The van der Waals surface area contributed by atoms with Gasteiger partial charge in [-0.3, -0.25) is 9.78 Å². The zero-order valence-electron chi connectivity index (χ0n) is 16.9. The van der Waals surface area contributed by atoms with Crippen LogP contribution >= 0.6 is 11.6 Å². The molecule has 0 saturated heterocycles. The predicted octanol–water partition coefficient (Wildman–Crippen LogP) is 3.38. The highest BCUT2D eigenvalue weighted by Crippen LogP contribution is 2.39. The van der Waals surface area contributed by atoms with Crippen molar-refractivity contribution < 1.29 is 22.7 Å². The number of amides is 1. The summed E-state index contributed by atoms with van der Waals surface area (Å²) in [5, 5.41) is 6.70. The second kappa shape index (κ2) is 8.54. The number of benzene rings is 1. The Hall–Kier alpha value is -3.93. The molecule has 0 aliphatic carbocycles. The summed E-state index contributed by atoms with van der Waals surface area (Å²) in [5.74, 6) is -0.662. The van der Waals surface area contributed by atoms with Crippen molar-refractivity contribution in [2.45, 2.75) is 12.7 Å². The van der Waals surface area contributed by atoms with Gasteiger partial charge in [-0.25, -0.2) is 14.5 Å². The normalized spacial score (nSPS) is 11.5. The van der Waals surface area contributed by atoms with Crippen molar-refractivity contribution in [1.82, 2.24) is 29.9 Å². The molecule has 1 amide bonds. The molecule has 4 aromatic rings. The average Bonchev–Trinajstić information content (AvgIpc) is 3.19. The third-order valence-electron chi connectivity index (χ3n) is 4.77. The first-order valence-electron chi connectivity index (χ1n) is 9.32. The molecule has 0 radical (unpaired) electrons. The highest BCUT2D eigenvalue weighted by atomic mass is 35.5. The van der Waals surface area contributed by atoms with E-state index in [4.69, 9.17) is 22.1 Å². The van der Waals surface area contributed by atoms with Crippen molar-refractivity contribution >= 4 is 28.8 Å². The Morgan fingerprint density at radius 3 is 2.67 bits per heavy atom. The van der Waals surface area contributed by atoms with Gasteiger partial charge in [0.1, 0.15) is 17.6 Å². The number of hydrogen-bond donors (Lipinski definition) is 2. The topological polar surface area (TPSA) is 120 Å². The Bertz CT molecular complexity index is 1360. The molecule has 0 atom stereocenters. The van der Waals surface area contributed by atoms with Crippen LogP contribution in [0.1, 0.15) is 21.6 Å². The van der Waals surface area contributed by atoms with Crippen LogP contribution in [0.25, 0.3) is 16.8 Å². The zero-order valence-corrected chi connectivity index (χ0v) is 17.6. The van der Waals surface area contributed by atoms with Crippen LogP contribution in [0.3, 0.4) is 0 Å². The number of anilines is 1. The number of fused-ring (bicyclic) bond motifs is 1. The standard InChI is InChI=1S/C20H15ClF3N7O2/c1-33-15-3-2-10(6-11(15)19(32)28-8-13-17(21)27-5-4-26-13)14-7-12(20(22,23)24)16-18(25)29-9-30-31(14)16/h2-7,9H,8H2,1H3,(H,28,32)(H2,25,29,30). The van der Waals surface area contributed by atoms with Gasteiger partial charge < -0.3 is 15.8 Å². The monoisotopic (exact) mass is 477 g/mol. The first kappa shape index (κ1) is 22.3. The van der Waals surface area contributed by atoms with Crippen LogP contribution in [-0.4, -0.2) is 37.6 Å². The molecular formula is C20H15ClF3N7O2. The van der Waals surface area contributed by atoms with Crippen LogP contribution in [0.15, 0.2) is 43.0 Å². The van der Waals surface area contributed by atoms with Gasteiger partial charge in [0.25, 0.3) is 5.91 Å². The number of aromatic nitrogens is 5. The summed E-state index contributed by atoms with van der Waals surface area (Å²) in [4.78, 5) is 24.5. The number of carbonyl (C=O) groups excluding carboxylic acids is 1. The van der Waals surface area contributed by atoms with Crippen LogP contribution in [-0.2, 0) is 12.7 Å². The molecule has 0 bridgehead atoms. The molecule has 0 unspecified atom stereocenters. The molecule has 4 rings (SSSR count). The van der Waals surface area contributed by atoms with Gasteiger partial charge in [0, 0.05) is 18.0 Å². The Morgan fingerprint density at radius 2 is 1.97 bits per heavy atom. The van der Waals surface area contributed by atoms with Crippen LogP contribution in [0, 0.1) is 0 Å². The van der Waals surface area contributed by atoms with E-state index in [1.165, 1.54) is 37.7 Å². The van der Waals surface area contributed by atoms with Crippen molar-refractivity contribution in [3.8, 4) is 17.0 Å². The van der Waals surface area contributed by atoms with Gasteiger partial charge in [-0.2, -0.15) is 18.3 Å². The Labute approximate surface area is 189 Å². The minimum absolute atomic E-state index is 0.0189. The van der Waals surface area contributed by atoms with Crippen molar-refractivity contribution in [2.24, 2.45) is 0 Å². The highest BCUT2D eigenvalue weighted by molar-refractivity contribution is 6.30. The second-order valence-corrected chi connectivity index (χ2v) is 7.10. The van der Waals surface area contributed by atoms with E-state index in [0.717, 1.165) is 16.9 Å². The third-order valence-corrected chi connectivity index (χ3v) is 5.08. The number of ether oxygens (including phenoxy) is 1. The quantitative estimate of drug-likeness (QED) is 0.452. The van der Waals surface area contributed by atoms with Crippen LogP contribution in [0.4, 0.5) is 19.0 Å². The average molecular weight is 478 g/mol. The summed E-state index contributed by atoms with van der Waals surface area (Å²) in [7, 11) is 1.37. The zero-order chi connectivity index (χ0) is 23.8. The molecule has 0 aliphatic rings. The molecule has 1 aromatic carbocycles. The molecule has 0 aliphatic heterocycles. The van der Waals surface area contributed by atoms with Crippen LogP contribution in [0.5, 0.6) is 5.75 Å². The lowest BCUT2D eigenvalue weighted by Gasteiger charge is -2.11. The molecule has 33 heavy (non-hydrogen) atoms. The maximum atomic E-state index is 13.6. The van der Waals surface area contributed by atoms with E-state index in [1.807, 2.05) is 0 Å². The van der Waals surface area contributed by atoms with E-state index in [0.29, 0.717) is 5.69 Å². The minimum atomic E-state index is -4.69. The molecular weight excluding hydrogens is 463 g/mol. The summed E-state index contributed by atoms with van der Waals surface area (Å²) in [6, 6.07) is 5.28. The maximum absolute atomic E-state index is 13.6. The number of methoxy groups -OCH3 is 1. The largest absolute Gasteiger partial charge is 0.496 e. The number of halogens is 4. The lowest BCUT2D eigenvalue weighted by Crippen LogP contribution is -2.24. The summed E-state index contributed by atoms with van der Waals surface area (Å²) in [6.45, 7) is -0.0189. The minimum Gasteiger partial charge on any atom is -0.496 e. The molecule has 0 spiro atoms. The third kappa shape index (κ3) is 4.24. The fourth-order valence-corrected chi connectivity index (χ4v) is 3.43. The SMILES string of the molecule is COc1ccc(-c2cc(C(F)(F)F)c3c(N)ncnn23)cc1C(=O)NCc1nccnc1Cl. The van der Waals surface area contributed by atoms with Crippen molar-refractivity contribution in [1.29, 1.82) is 0 Å². The van der Waals surface area contributed by atoms with E-state index < -0.39 is 17.6 Å². The number of carbonyl (C=O) groups is 1. The number of nitrogens with zero attached hydrogens (tertiary/aromatic N) is 5. The molecule has 3 N–H and O–H groups in total. The van der Waals surface area contributed by atoms with Crippen molar-refractivity contribution in [3.05, 3.63) is 65.0 Å². The summed E-state index contributed by atoms with van der Waals surface area (Å²) < 4.78 is 47.1. The second-order valence-electron chi connectivity index (χ2n) is 6.74. The lowest BCUT2D eigenvalue weighted by molar-refractivity contribution is -0.136. The number of nitrogens with one attached hydrogen (secondary N) is 1. The number of nitrogens with two attached hydrogens (primary N) is 1. The predicted molar refractivity (Wildman–Crippen MR) is 113 cm³/mol. The fourth-order valence-electron chi connectivity index (χ4n) is 3.26. The van der Waals surface area contributed by atoms with Crippen LogP contribution < -0.4 is 15.8 Å². The first-order valence-corrected chi connectivity index (χ1v) is 9.70. The summed E-state index contributed by atoms with van der Waals surface area (Å²) in [5.41, 5.74) is 5.11. The summed E-state index contributed by atoms with van der Waals surface area (Å²) in [6.07, 6.45) is -0.801. The molecule has 0 saturated carbocycles. The lowest BCUT2D eigenvalue weighted by atomic mass is 10.1. The smallest absolute Gasteiger partial charge is 0.418 e. The van der Waals surface area contributed by atoms with Crippen molar-refractivity contribution in [2.75, 3.05) is 12.8 Å². The summed E-state index contributed by atoms with van der Waals surface area (Å²) >= 11 is 5.96. The van der Waals surface area contributed by atoms with E-state index >= 15 is 0 Å². The molecule has 13 heteroatoms. The van der Waals surface area contributed by atoms with Gasteiger partial charge >= 0.3 is 6.18 Å². The Morgan fingerprint density at radius 1 is 1.21 bits per heavy atom. The van der Waals surface area contributed by atoms with Gasteiger partial charge in [0.15, 0.2) is 11.0 Å². The number of rotatable bonds is 5. The molecule has 0 fully saturated rings. The van der Waals surface area contributed by atoms with E-state index in [2.05, 4.69) is 25.4 Å². The van der Waals surface area contributed by atoms with E-state index in [9.17, 15) is 18.0 Å². The first-order chi connectivity index (χ1) is 15.7. The Kier molecular flexibility index (Phi) is 5.77. The van der Waals surface area contributed by atoms with Crippen molar-refractivity contribution in [3.63, 3.8) is 0 Å². The number of hydrogen-bond acceptors (Lipinski definition) is 7. The molecule has 3 heterocycles. The maximum Gasteiger partial charge on any atom is 0.418 e. The Balaban J connectivity index is 1.76. The molecule has 170 valence electrons. The van der Waals surface area contributed by atoms with Gasteiger partial charge in [0.05, 0.1) is 36.2 Å². The number of nitrogen functional groups attached to an aromatic ring is 1. The molecule has 3 aromatic heterocycles. The van der Waals surface area contributed by atoms with Gasteiger partial charge in [0.2, 0.25) is 0 Å². The van der Waals surface area contributed by atoms with E-state index in [1.54, 1.807) is 0 Å².